The number of amides is 1. The molecule has 27 heavy (non-hydrogen) atoms. The lowest BCUT2D eigenvalue weighted by molar-refractivity contribution is 0.102. The van der Waals surface area contributed by atoms with E-state index in [0.29, 0.717) is 32.8 Å². The van der Waals surface area contributed by atoms with E-state index in [0.717, 1.165) is 36.9 Å². The van der Waals surface area contributed by atoms with Crippen LogP contribution in [0.5, 0.6) is 0 Å². The molecular formula is C20H18Cl2N4O. The molecule has 3 aromatic rings. The number of aryl methyl sites for hydroxylation is 2. The minimum absolute atomic E-state index is 0.215. The first kappa shape index (κ1) is 18.0. The zero-order chi connectivity index (χ0) is 19.0. The van der Waals surface area contributed by atoms with Crippen molar-refractivity contribution in [3.63, 3.8) is 0 Å². The molecule has 1 aromatic carbocycles. The van der Waals surface area contributed by atoms with Gasteiger partial charge in [0.25, 0.3) is 5.91 Å². The molecule has 1 aliphatic rings. The number of nitrogens with zero attached hydrogens (tertiary/aromatic N) is 3. The second-order valence-corrected chi connectivity index (χ2v) is 7.34. The van der Waals surface area contributed by atoms with E-state index >= 15 is 0 Å². The number of hydrogen-bond donors (Lipinski definition) is 1. The Morgan fingerprint density at radius 3 is 2.78 bits per heavy atom. The average Bonchev–Trinajstić information content (AvgIpc) is 3.02. The van der Waals surface area contributed by atoms with E-state index in [2.05, 4.69) is 10.3 Å². The molecule has 2 aromatic heterocycles. The molecule has 1 aliphatic carbocycles. The SMILES string of the molecule is Cc1ncccc1C(=O)Nc1c2c(nn1-c1cccc(Cl)c1Cl)CCCC2. The van der Waals surface area contributed by atoms with E-state index < -0.39 is 0 Å². The van der Waals surface area contributed by atoms with Gasteiger partial charge in [0, 0.05) is 17.5 Å². The van der Waals surface area contributed by atoms with Crippen LogP contribution < -0.4 is 5.32 Å². The zero-order valence-electron chi connectivity index (χ0n) is 14.8. The van der Waals surface area contributed by atoms with Crippen molar-refractivity contribution < 1.29 is 4.79 Å². The molecule has 1 N–H and O–H groups in total. The Kier molecular flexibility index (Phi) is 4.89. The van der Waals surface area contributed by atoms with Crippen molar-refractivity contribution in [2.75, 3.05) is 5.32 Å². The number of hydrogen-bond acceptors (Lipinski definition) is 3. The Morgan fingerprint density at radius 2 is 1.96 bits per heavy atom. The Balaban J connectivity index is 1.82. The molecule has 138 valence electrons. The van der Waals surface area contributed by atoms with Crippen LogP contribution in [0.3, 0.4) is 0 Å². The van der Waals surface area contributed by atoms with Gasteiger partial charge >= 0.3 is 0 Å². The summed E-state index contributed by atoms with van der Waals surface area (Å²) in [6, 6.07) is 8.91. The van der Waals surface area contributed by atoms with Crippen molar-refractivity contribution in [3.8, 4) is 5.69 Å². The van der Waals surface area contributed by atoms with Crippen LogP contribution in [0.1, 0.15) is 40.2 Å². The molecule has 0 spiro atoms. The monoisotopic (exact) mass is 400 g/mol. The Hall–Kier alpha value is -2.37. The van der Waals surface area contributed by atoms with Gasteiger partial charge in [-0.15, -0.1) is 0 Å². The van der Waals surface area contributed by atoms with Gasteiger partial charge < -0.3 is 5.32 Å². The van der Waals surface area contributed by atoms with E-state index in [1.54, 1.807) is 29.1 Å². The van der Waals surface area contributed by atoms with E-state index in [-0.39, 0.29) is 5.91 Å². The highest BCUT2D eigenvalue weighted by Gasteiger charge is 2.25. The van der Waals surface area contributed by atoms with Gasteiger partial charge in [-0.3, -0.25) is 9.78 Å². The summed E-state index contributed by atoms with van der Waals surface area (Å²) < 4.78 is 1.70. The van der Waals surface area contributed by atoms with Crippen LogP contribution in [-0.4, -0.2) is 20.7 Å². The number of rotatable bonds is 3. The molecular weight excluding hydrogens is 383 g/mol. The number of nitrogens with one attached hydrogen (secondary N) is 1. The summed E-state index contributed by atoms with van der Waals surface area (Å²) in [6.45, 7) is 1.81. The molecule has 0 unspecified atom stereocenters. The third-order valence-corrected chi connectivity index (χ3v) is 5.61. The molecule has 0 radical (unpaired) electrons. The van der Waals surface area contributed by atoms with E-state index in [9.17, 15) is 4.79 Å². The standard InChI is InChI=1S/C20H18Cl2N4O/c1-12-13(7-5-11-23-12)20(27)24-19-14-6-2-3-9-16(14)25-26(19)17-10-4-8-15(21)18(17)22/h4-5,7-8,10-11H,2-3,6,9H2,1H3,(H,24,27). The highest BCUT2D eigenvalue weighted by atomic mass is 35.5. The summed E-state index contributed by atoms with van der Waals surface area (Å²) in [5, 5.41) is 8.63. The van der Waals surface area contributed by atoms with Gasteiger partial charge in [-0.2, -0.15) is 5.10 Å². The Labute approximate surface area is 167 Å². The van der Waals surface area contributed by atoms with Gasteiger partial charge in [-0.25, -0.2) is 4.68 Å². The number of aromatic nitrogens is 3. The molecule has 0 saturated carbocycles. The quantitative estimate of drug-likeness (QED) is 0.671. The van der Waals surface area contributed by atoms with Gasteiger partial charge in [-0.05, 0) is 56.9 Å². The van der Waals surface area contributed by atoms with Crippen LogP contribution in [0.4, 0.5) is 5.82 Å². The minimum atomic E-state index is -0.215. The zero-order valence-corrected chi connectivity index (χ0v) is 16.3. The molecule has 4 rings (SSSR count). The fraction of sp³-hybridized carbons (Fsp3) is 0.250. The summed E-state index contributed by atoms with van der Waals surface area (Å²) in [5.41, 5.74) is 3.92. The lowest BCUT2D eigenvalue weighted by Crippen LogP contribution is -2.18. The lowest BCUT2D eigenvalue weighted by Gasteiger charge is -2.14. The maximum atomic E-state index is 12.9. The number of pyridine rings is 1. The van der Waals surface area contributed by atoms with Crippen LogP contribution in [0.2, 0.25) is 10.0 Å². The number of carbonyl (C=O) groups is 1. The number of halogens is 2. The van der Waals surface area contributed by atoms with Crippen molar-refractivity contribution in [1.29, 1.82) is 0 Å². The number of anilines is 1. The summed E-state index contributed by atoms with van der Waals surface area (Å²) in [6.07, 6.45) is 5.58. The first-order chi connectivity index (χ1) is 13.1. The largest absolute Gasteiger partial charge is 0.306 e. The van der Waals surface area contributed by atoms with Gasteiger partial charge in [0.2, 0.25) is 0 Å². The van der Waals surface area contributed by atoms with E-state index in [1.165, 1.54) is 0 Å². The maximum Gasteiger partial charge on any atom is 0.258 e. The highest BCUT2D eigenvalue weighted by molar-refractivity contribution is 6.43. The normalized spacial score (nSPS) is 13.3. The molecule has 7 heteroatoms. The van der Waals surface area contributed by atoms with E-state index in [4.69, 9.17) is 28.3 Å². The number of benzene rings is 1. The second-order valence-electron chi connectivity index (χ2n) is 6.56. The third kappa shape index (κ3) is 3.33. The molecule has 0 fully saturated rings. The fourth-order valence-corrected chi connectivity index (χ4v) is 3.79. The Bertz CT molecular complexity index is 1030. The molecule has 2 heterocycles. The van der Waals surface area contributed by atoms with Crippen molar-refractivity contribution in [2.24, 2.45) is 0 Å². The summed E-state index contributed by atoms with van der Waals surface area (Å²) in [4.78, 5) is 17.1. The lowest BCUT2D eigenvalue weighted by atomic mass is 9.97. The van der Waals surface area contributed by atoms with E-state index in [1.807, 2.05) is 19.1 Å². The molecule has 1 amide bonds. The van der Waals surface area contributed by atoms with Crippen LogP contribution in [0, 0.1) is 6.92 Å². The summed E-state index contributed by atoms with van der Waals surface area (Å²) in [5.74, 6) is 0.440. The summed E-state index contributed by atoms with van der Waals surface area (Å²) in [7, 11) is 0. The van der Waals surface area contributed by atoms with Crippen LogP contribution in [0.25, 0.3) is 5.69 Å². The molecule has 0 bridgehead atoms. The predicted molar refractivity (Wildman–Crippen MR) is 107 cm³/mol. The number of carbonyl (C=O) groups excluding carboxylic acids is 1. The molecule has 0 atom stereocenters. The first-order valence-corrected chi connectivity index (χ1v) is 9.60. The van der Waals surface area contributed by atoms with Crippen molar-refractivity contribution in [1.82, 2.24) is 14.8 Å². The first-order valence-electron chi connectivity index (χ1n) is 8.84. The minimum Gasteiger partial charge on any atom is -0.306 e. The van der Waals surface area contributed by atoms with Crippen molar-refractivity contribution >= 4 is 34.9 Å². The van der Waals surface area contributed by atoms with Gasteiger partial charge in [-0.1, -0.05) is 29.3 Å². The summed E-state index contributed by atoms with van der Waals surface area (Å²) >= 11 is 12.6. The average molecular weight is 401 g/mol. The molecule has 5 nitrogen and oxygen atoms in total. The number of fused-ring (bicyclic) bond motifs is 1. The van der Waals surface area contributed by atoms with Gasteiger partial charge in [0.1, 0.15) is 5.82 Å². The van der Waals surface area contributed by atoms with Crippen LogP contribution in [-0.2, 0) is 12.8 Å². The predicted octanol–water partition coefficient (Wildman–Crippen LogP) is 5.01. The van der Waals surface area contributed by atoms with Crippen LogP contribution >= 0.6 is 23.2 Å². The Morgan fingerprint density at radius 1 is 1.15 bits per heavy atom. The van der Waals surface area contributed by atoms with Crippen molar-refractivity contribution in [2.45, 2.75) is 32.6 Å². The van der Waals surface area contributed by atoms with Crippen LogP contribution in [0.15, 0.2) is 36.5 Å². The third-order valence-electron chi connectivity index (χ3n) is 4.80. The maximum absolute atomic E-state index is 12.9. The van der Waals surface area contributed by atoms with Gasteiger partial charge in [0.05, 0.1) is 27.0 Å². The molecule has 0 saturated heterocycles. The second kappa shape index (κ2) is 7.33. The fourth-order valence-electron chi connectivity index (χ4n) is 3.41. The highest BCUT2D eigenvalue weighted by Crippen LogP contribution is 2.35. The topological polar surface area (TPSA) is 59.8 Å². The van der Waals surface area contributed by atoms with Gasteiger partial charge in [0.15, 0.2) is 0 Å². The van der Waals surface area contributed by atoms with Crippen molar-refractivity contribution in [3.05, 3.63) is 69.1 Å². The smallest absolute Gasteiger partial charge is 0.258 e. The molecule has 0 aliphatic heterocycles.